The maximum absolute atomic E-state index is 11.0. The summed E-state index contributed by atoms with van der Waals surface area (Å²) in [6, 6.07) is 34.1. The van der Waals surface area contributed by atoms with E-state index in [0.29, 0.717) is 10.8 Å². The highest BCUT2D eigenvalue weighted by Crippen LogP contribution is 2.51. The van der Waals surface area contributed by atoms with Crippen LogP contribution in [0.2, 0.25) is 0 Å². The molecule has 2 bridgehead atoms. The Morgan fingerprint density at radius 1 is 0.324 bits per heavy atom. The van der Waals surface area contributed by atoms with Gasteiger partial charge in [0.1, 0.15) is 0 Å². The van der Waals surface area contributed by atoms with Crippen LogP contribution in [-0.4, -0.2) is 10.2 Å². The summed E-state index contributed by atoms with van der Waals surface area (Å²) in [6.07, 6.45) is 0. The monoisotopic (exact) mass is 434 g/mol. The van der Waals surface area contributed by atoms with Crippen molar-refractivity contribution in [2.24, 2.45) is 0 Å². The van der Waals surface area contributed by atoms with Crippen LogP contribution >= 0.6 is 0 Å². The molecule has 2 heteroatoms. The fourth-order valence-corrected chi connectivity index (χ4v) is 5.85. The summed E-state index contributed by atoms with van der Waals surface area (Å²) in [6.45, 7) is 0. The highest BCUT2D eigenvalue weighted by molar-refractivity contribution is 6.34. The predicted octanol–water partition coefficient (Wildman–Crippen LogP) is 8.61. The van der Waals surface area contributed by atoms with Crippen LogP contribution < -0.4 is 0 Å². The number of phenols is 4. The second-order valence-corrected chi connectivity index (χ2v) is 9.34. The topological polar surface area (TPSA) is 40.5 Å². The van der Waals surface area contributed by atoms with Gasteiger partial charge in [0.15, 0.2) is 11.5 Å². The molecule has 9 aromatic rings. The van der Waals surface area contributed by atoms with E-state index in [1.54, 1.807) is 0 Å². The molecule has 34 heavy (non-hydrogen) atoms. The number of aromatic hydroxyl groups is 2. The van der Waals surface area contributed by atoms with Gasteiger partial charge in [0.25, 0.3) is 0 Å². The third-order valence-corrected chi connectivity index (χ3v) is 7.46. The summed E-state index contributed by atoms with van der Waals surface area (Å²) in [5, 5.41) is 36.6. The van der Waals surface area contributed by atoms with Crippen LogP contribution in [0.5, 0.6) is 11.5 Å². The van der Waals surface area contributed by atoms with Gasteiger partial charge in [-0.1, -0.05) is 48.5 Å². The largest absolute Gasteiger partial charge is 0.504 e. The van der Waals surface area contributed by atoms with Gasteiger partial charge in [-0.15, -0.1) is 0 Å². The molecule has 158 valence electrons. The molecule has 0 spiro atoms. The van der Waals surface area contributed by atoms with E-state index in [-0.39, 0.29) is 11.5 Å². The summed E-state index contributed by atoms with van der Waals surface area (Å²) in [5.41, 5.74) is 0. The lowest BCUT2D eigenvalue weighted by molar-refractivity contribution is 0.412. The lowest BCUT2D eigenvalue weighted by Crippen LogP contribution is -1.90. The molecule has 2 N–H and O–H groups in total. The van der Waals surface area contributed by atoms with Crippen molar-refractivity contribution in [2.45, 2.75) is 0 Å². The van der Waals surface area contributed by atoms with Crippen molar-refractivity contribution in [3.05, 3.63) is 97.1 Å². The SMILES string of the molecule is Oc1c(O)c2c3cc4cc5ccccc5cc4cc3c1c1cc3cc4ccccc4cc3cc12. The molecule has 0 saturated heterocycles. The highest BCUT2D eigenvalue weighted by Gasteiger charge is 2.22. The molecule has 0 aliphatic rings. The third-order valence-electron chi connectivity index (χ3n) is 7.46. The first-order valence-corrected chi connectivity index (χ1v) is 11.5. The Morgan fingerprint density at radius 3 is 0.853 bits per heavy atom. The standard InChI is InChI=1S/C32H18O2/c33-31-29-25-13-21-9-17-5-1-2-6-18(17)10-22(21)14-26(25)30(32(31)34)28-16-24-12-20-8-4-3-7-19(20)11-23(24)15-27(28)29/h1-16,33-34H. The van der Waals surface area contributed by atoms with E-state index < -0.39 is 0 Å². The third kappa shape index (κ3) is 2.20. The zero-order chi connectivity index (χ0) is 22.6. The van der Waals surface area contributed by atoms with Gasteiger partial charge >= 0.3 is 0 Å². The van der Waals surface area contributed by atoms with Crippen LogP contribution in [0.3, 0.4) is 0 Å². The van der Waals surface area contributed by atoms with Gasteiger partial charge in [-0.3, -0.25) is 0 Å². The fourth-order valence-electron chi connectivity index (χ4n) is 5.85. The van der Waals surface area contributed by atoms with Crippen LogP contribution in [-0.2, 0) is 0 Å². The van der Waals surface area contributed by atoms with E-state index in [0.717, 1.165) is 43.1 Å². The molecule has 9 aromatic carbocycles. The first-order valence-electron chi connectivity index (χ1n) is 11.5. The minimum atomic E-state index is -0.0321. The Kier molecular flexibility index (Phi) is 3.20. The second kappa shape index (κ2) is 6.06. The number of rotatable bonds is 0. The van der Waals surface area contributed by atoms with Gasteiger partial charge in [-0.25, -0.2) is 0 Å². The molecule has 0 radical (unpaired) electrons. The lowest BCUT2D eigenvalue weighted by atomic mass is 9.87. The molecule has 0 unspecified atom stereocenters. The number of fused-ring (bicyclic) bond motifs is 5. The van der Waals surface area contributed by atoms with Crippen LogP contribution in [0.1, 0.15) is 0 Å². The molecule has 0 aliphatic carbocycles. The van der Waals surface area contributed by atoms with Crippen LogP contribution in [0.15, 0.2) is 97.1 Å². The van der Waals surface area contributed by atoms with Gasteiger partial charge in [0.05, 0.1) is 0 Å². The Morgan fingerprint density at radius 2 is 0.588 bits per heavy atom. The molecule has 0 atom stereocenters. The van der Waals surface area contributed by atoms with E-state index in [1.807, 2.05) is 0 Å². The maximum atomic E-state index is 11.0. The van der Waals surface area contributed by atoms with Crippen molar-refractivity contribution in [2.75, 3.05) is 0 Å². The summed E-state index contributed by atoms with van der Waals surface area (Å²) in [7, 11) is 0. The first-order chi connectivity index (χ1) is 16.7. The summed E-state index contributed by atoms with van der Waals surface area (Å²) in [4.78, 5) is 0. The minimum Gasteiger partial charge on any atom is -0.504 e. The van der Waals surface area contributed by atoms with Gasteiger partial charge in [0.2, 0.25) is 0 Å². The van der Waals surface area contributed by atoms with Gasteiger partial charge in [-0.2, -0.15) is 0 Å². The summed E-state index contributed by atoms with van der Waals surface area (Å²) in [5.74, 6) is -0.0643. The number of hydrogen-bond acceptors (Lipinski definition) is 2. The average Bonchev–Trinajstić information content (AvgIpc) is 2.85. The van der Waals surface area contributed by atoms with E-state index in [2.05, 4.69) is 97.1 Å². The molecule has 0 heterocycles. The van der Waals surface area contributed by atoms with E-state index in [9.17, 15) is 10.2 Å². The van der Waals surface area contributed by atoms with Crippen LogP contribution in [0, 0.1) is 0 Å². The van der Waals surface area contributed by atoms with Crippen molar-refractivity contribution in [3.8, 4) is 11.5 Å². The quantitative estimate of drug-likeness (QED) is 0.185. The van der Waals surface area contributed by atoms with Crippen LogP contribution in [0.4, 0.5) is 0 Å². The molecule has 0 fully saturated rings. The Hall–Kier alpha value is -4.56. The number of hydrogen-bond donors (Lipinski definition) is 2. The van der Waals surface area contributed by atoms with E-state index in [1.165, 1.54) is 21.5 Å². The average molecular weight is 434 g/mol. The van der Waals surface area contributed by atoms with Gasteiger partial charge < -0.3 is 10.2 Å². The Labute approximate surface area is 194 Å². The smallest absolute Gasteiger partial charge is 0.166 e. The lowest BCUT2D eigenvalue weighted by Gasteiger charge is -2.18. The van der Waals surface area contributed by atoms with Crippen molar-refractivity contribution < 1.29 is 10.2 Å². The molecule has 0 amide bonds. The predicted molar refractivity (Wildman–Crippen MR) is 143 cm³/mol. The zero-order valence-corrected chi connectivity index (χ0v) is 18.1. The summed E-state index contributed by atoms with van der Waals surface area (Å²) >= 11 is 0. The molecule has 0 aliphatic heterocycles. The Bertz CT molecular complexity index is 1840. The maximum Gasteiger partial charge on any atom is 0.166 e. The van der Waals surface area contributed by atoms with E-state index in [4.69, 9.17) is 0 Å². The number of phenolic OH excluding ortho intramolecular Hbond substituents is 2. The molecule has 2 nitrogen and oxygen atoms in total. The van der Waals surface area contributed by atoms with E-state index >= 15 is 0 Å². The van der Waals surface area contributed by atoms with Crippen LogP contribution in [0.25, 0.3) is 75.4 Å². The molecular weight excluding hydrogens is 416 g/mol. The first kappa shape index (κ1) is 17.9. The molecule has 0 saturated carbocycles. The Balaban J connectivity index is 1.59. The van der Waals surface area contributed by atoms with Gasteiger partial charge in [-0.05, 0) is 113 Å². The summed E-state index contributed by atoms with van der Waals surface area (Å²) < 4.78 is 0. The number of benzene rings is 9. The fraction of sp³-hybridized carbons (Fsp3) is 0. The van der Waals surface area contributed by atoms with Crippen molar-refractivity contribution >= 4 is 75.4 Å². The normalized spacial score (nSPS) is 12.4. The molecular formula is C32H18O2. The van der Waals surface area contributed by atoms with Crippen molar-refractivity contribution in [1.29, 1.82) is 0 Å². The molecule has 9 rings (SSSR count). The highest BCUT2D eigenvalue weighted by atomic mass is 16.3. The second-order valence-electron chi connectivity index (χ2n) is 9.34. The van der Waals surface area contributed by atoms with Gasteiger partial charge in [0, 0.05) is 10.8 Å². The van der Waals surface area contributed by atoms with Crippen molar-refractivity contribution in [1.82, 2.24) is 0 Å². The molecule has 0 aromatic heterocycles. The minimum absolute atomic E-state index is 0.0321. The zero-order valence-electron chi connectivity index (χ0n) is 18.1. The van der Waals surface area contributed by atoms with Crippen molar-refractivity contribution in [3.63, 3.8) is 0 Å².